The molecular formula is C22H17NO7. The molecule has 152 valence electrons. The van der Waals surface area contributed by atoms with Crippen molar-refractivity contribution in [1.82, 2.24) is 0 Å². The number of hydrogen-bond acceptors (Lipinski definition) is 7. The normalized spacial score (nSPS) is 12.7. The molecule has 0 atom stereocenters. The summed E-state index contributed by atoms with van der Waals surface area (Å²) >= 11 is 0. The van der Waals surface area contributed by atoms with Crippen LogP contribution in [0.2, 0.25) is 0 Å². The summed E-state index contributed by atoms with van der Waals surface area (Å²) in [7, 11) is 0. The molecule has 0 bridgehead atoms. The van der Waals surface area contributed by atoms with Crippen LogP contribution in [-0.4, -0.2) is 23.9 Å². The van der Waals surface area contributed by atoms with E-state index in [0.717, 1.165) is 0 Å². The van der Waals surface area contributed by atoms with Gasteiger partial charge in [0.15, 0.2) is 23.0 Å². The fourth-order valence-corrected chi connectivity index (χ4v) is 2.89. The first-order valence-electron chi connectivity index (χ1n) is 9.17. The van der Waals surface area contributed by atoms with Crippen LogP contribution in [0.25, 0.3) is 6.08 Å². The molecule has 0 saturated carbocycles. The molecule has 0 fully saturated rings. The number of furan rings is 1. The zero-order chi connectivity index (χ0) is 20.9. The molecule has 4 rings (SSSR count). The Hall–Kier alpha value is -4.07. The van der Waals surface area contributed by atoms with Gasteiger partial charge in [-0.05, 0) is 48.6 Å². The number of benzene rings is 2. The summed E-state index contributed by atoms with van der Waals surface area (Å²) in [5.74, 6) is 2.05. The van der Waals surface area contributed by atoms with Gasteiger partial charge in [-0.3, -0.25) is 14.9 Å². The molecule has 0 radical (unpaired) electrons. The van der Waals surface area contributed by atoms with Crippen LogP contribution in [0.3, 0.4) is 0 Å². The fraction of sp³-hybridized carbons (Fsp3) is 0.136. The average Bonchev–Trinajstić information content (AvgIpc) is 3.23. The number of allylic oxidation sites excluding steroid dienone is 1. The van der Waals surface area contributed by atoms with Crippen LogP contribution in [-0.2, 0) is 6.61 Å². The number of rotatable bonds is 7. The lowest BCUT2D eigenvalue weighted by atomic mass is 10.1. The van der Waals surface area contributed by atoms with E-state index in [1.807, 2.05) is 0 Å². The fourth-order valence-electron chi connectivity index (χ4n) is 2.89. The molecule has 3 aromatic rings. The monoisotopic (exact) mass is 407 g/mol. The summed E-state index contributed by atoms with van der Waals surface area (Å²) in [5, 5.41) is 11.0. The van der Waals surface area contributed by atoms with E-state index >= 15 is 0 Å². The summed E-state index contributed by atoms with van der Waals surface area (Å²) in [6.07, 6.45) is 2.95. The van der Waals surface area contributed by atoms with Gasteiger partial charge in [0.1, 0.15) is 31.3 Å². The highest BCUT2D eigenvalue weighted by Crippen LogP contribution is 2.31. The Morgan fingerprint density at radius 3 is 2.70 bits per heavy atom. The van der Waals surface area contributed by atoms with Crippen LogP contribution < -0.4 is 14.2 Å². The number of hydrogen-bond donors (Lipinski definition) is 0. The molecule has 0 amide bonds. The zero-order valence-electron chi connectivity index (χ0n) is 15.8. The standard InChI is InChI=1S/C22H17NO7/c24-19(15-5-10-21-22(13-15)28-12-11-27-21)9-8-16-6-7-17(30-16)14-29-20-4-2-1-3-18(20)23(25)26/h1-10,13H,11-12,14H2/b9-8+. The van der Waals surface area contributed by atoms with Crippen molar-refractivity contribution in [3.8, 4) is 17.2 Å². The topological polar surface area (TPSA) is 101 Å². The van der Waals surface area contributed by atoms with Gasteiger partial charge in [-0.1, -0.05) is 12.1 Å². The zero-order valence-corrected chi connectivity index (χ0v) is 15.8. The largest absolute Gasteiger partial charge is 0.486 e. The molecule has 30 heavy (non-hydrogen) atoms. The lowest BCUT2D eigenvalue weighted by Gasteiger charge is -2.18. The van der Waals surface area contributed by atoms with Crippen LogP contribution in [0.1, 0.15) is 21.9 Å². The Bertz CT molecular complexity index is 1120. The number of ketones is 1. The van der Waals surface area contributed by atoms with Gasteiger partial charge in [-0.2, -0.15) is 0 Å². The molecular weight excluding hydrogens is 390 g/mol. The highest BCUT2D eigenvalue weighted by atomic mass is 16.6. The van der Waals surface area contributed by atoms with Gasteiger partial charge in [0.2, 0.25) is 0 Å². The number of carbonyl (C=O) groups is 1. The summed E-state index contributed by atoms with van der Waals surface area (Å²) in [6.45, 7) is 0.959. The SMILES string of the molecule is O=C(/C=C/c1ccc(COc2ccccc2[N+](=O)[O-])o1)c1ccc2c(c1)OCCO2. The first kappa shape index (κ1) is 19.3. The van der Waals surface area contributed by atoms with Crippen molar-refractivity contribution in [3.63, 3.8) is 0 Å². The maximum absolute atomic E-state index is 12.4. The van der Waals surface area contributed by atoms with Crippen LogP contribution in [0.15, 0.2) is 65.1 Å². The summed E-state index contributed by atoms with van der Waals surface area (Å²) < 4.78 is 22.0. The molecule has 1 aliphatic heterocycles. The molecule has 0 saturated heterocycles. The van der Waals surface area contributed by atoms with Crippen LogP contribution in [0, 0.1) is 10.1 Å². The van der Waals surface area contributed by atoms with E-state index in [-0.39, 0.29) is 23.8 Å². The first-order valence-corrected chi connectivity index (χ1v) is 9.17. The molecule has 8 heteroatoms. The molecule has 1 aliphatic rings. The second kappa shape index (κ2) is 8.52. The van der Waals surface area contributed by atoms with Crippen molar-refractivity contribution in [1.29, 1.82) is 0 Å². The van der Waals surface area contributed by atoms with Crippen molar-refractivity contribution < 1.29 is 28.3 Å². The first-order chi connectivity index (χ1) is 14.6. The van der Waals surface area contributed by atoms with E-state index in [1.54, 1.807) is 48.5 Å². The van der Waals surface area contributed by atoms with Crippen LogP contribution in [0.5, 0.6) is 17.2 Å². The molecule has 0 spiro atoms. The molecule has 2 heterocycles. The Kier molecular flexibility index (Phi) is 5.47. The van der Waals surface area contributed by atoms with E-state index in [2.05, 4.69) is 0 Å². The number of fused-ring (bicyclic) bond motifs is 1. The highest BCUT2D eigenvalue weighted by molar-refractivity contribution is 6.07. The number of carbonyl (C=O) groups excluding carboxylic acids is 1. The Morgan fingerprint density at radius 1 is 1.07 bits per heavy atom. The minimum atomic E-state index is -0.505. The van der Waals surface area contributed by atoms with Gasteiger partial charge in [-0.15, -0.1) is 0 Å². The molecule has 2 aromatic carbocycles. The van der Waals surface area contributed by atoms with E-state index in [0.29, 0.717) is 41.8 Å². The molecule has 1 aromatic heterocycles. The van der Waals surface area contributed by atoms with Crippen molar-refractivity contribution >= 4 is 17.5 Å². The second-order valence-corrected chi connectivity index (χ2v) is 6.37. The minimum Gasteiger partial charge on any atom is -0.486 e. The van der Waals surface area contributed by atoms with Crippen LogP contribution in [0.4, 0.5) is 5.69 Å². The number of ether oxygens (including phenoxy) is 3. The third-order valence-corrected chi connectivity index (χ3v) is 4.34. The molecule has 0 N–H and O–H groups in total. The predicted octanol–water partition coefficient (Wildman–Crippen LogP) is 4.43. The maximum atomic E-state index is 12.4. The minimum absolute atomic E-state index is 0.0226. The summed E-state index contributed by atoms with van der Waals surface area (Å²) in [6, 6.07) is 14.5. The molecule has 0 unspecified atom stereocenters. The van der Waals surface area contributed by atoms with Crippen molar-refractivity contribution in [2.75, 3.05) is 13.2 Å². The average molecular weight is 407 g/mol. The maximum Gasteiger partial charge on any atom is 0.310 e. The van der Waals surface area contributed by atoms with Crippen molar-refractivity contribution in [3.05, 3.63) is 87.9 Å². The molecule has 8 nitrogen and oxygen atoms in total. The van der Waals surface area contributed by atoms with Crippen molar-refractivity contribution in [2.45, 2.75) is 6.61 Å². The van der Waals surface area contributed by atoms with E-state index < -0.39 is 4.92 Å². The van der Waals surface area contributed by atoms with Crippen molar-refractivity contribution in [2.24, 2.45) is 0 Å². The Labute approximate surface area is 171 Å². The Morgan fingerprint density at radius 2 is 1.87 bits per heavy atom. The van der Waals surface area contributed by atoms with Gasteiger partial charge in [0.25, 0.3) is 0 Å². The molecule has 0 aliphatic carbocycles. The van der Waals surface area contributed by atoms with E-state index in [4.69, 9.17) is 18.6 Å². The second-order valence-electron chi connectivity index (χ2n) is 6.37. The van der Waals surface area contributed by atoms with Crippen LogP contribution >= 0.6 is 0 Å². The van der Waals surface area contributed by atoms with Gasteiger partial charge < -0.3 is 18.6 Å². The smallest absolute Gasteiger partial charge is 0.310 e. The van der Waals surface area contributed by atoms with Gasteiger partial charge in [0.05, 0.1) is 4.92 Å². The number of nitrogens with zero attached hydrogens (tertiary/aromatic N) is 1. The highest BCUT2D eigenvalue weighted by Gasteiger charge is 2.15. The number of nitro groups is 1. The summed E-state index contributed by atoms with van der Waals surface area (Å²) in [4.78, 5) is 22.9. The third kappa shape index (κ3) is 4.33. The van der Waals surface area contributed by atoms with E-state index in [9.17, 15) is 14.9 Å². The van der Waals surface area contributed by atoms with Gasteiger partial charge in [-0.25, -0.2) is 0 Å². The van der Waals surface area contributed by atoms with E-state index in [1.165, 1.54) is 18.2 Å². The lowest BCUT2D eigenvalue weighted by molar-refractivity contribution is -0.386. The Balaban J connectivity index is 1.39. The lowest BCUT2D eigenvalue weighted by Crippen LogP contribution is -2.15. The third-order valence-electron chi connectivity index (χ3n) is 4.34. The van der Waals surface area contributed by atoms with Gasteiger partial charge >= 0.3 is 5.69 Å². The summed E-state index contributed by atoms with van der Waals surface area (Å²) in [5.41, 5.74) is 0.358. The van der Waals surface area contributed by atoms with Gasteiger partial charge in [0, 0.05) is 11.6 Å². The quantitative estimate of drug-likeness (QED) is 0.247. The number of para-hydroxylation sites is 2. The predicted molar refractivity (Wildman–Crippen MR) is 107 cm³/mol. The number of nitro benzene ring substituents is 1.